The normalized spacial score (nSPS) is 35.7. The molecule has 22 heavy (non-hydrogen) atoms. The molecule has 2 aliphatic carbocycles. The van der Waals surface area contributed by atoms with Crippen LogP contribution in [0.2, 0.25) is 0 Å². The molecule has 0 aromatic heterocycles. The Kier molecular flexibility index (Phi) is 5.00. The van der Waals surface area contributed by atoms with E-state index in [1.165, 1.54) is 6.92 Å². The van der Waals surface area contributed by atoms with Crippen molar-refractivity contribution in [3.05, 3.63) is 0 Å². The Morgan fingerprint density at radius 1 is 1.45 bits per heavy atom. The molecule has 4 nitrogen and oxygen atoms in total. The van der Waals surface area contributed by atoms with E-state index >= 15 is 0 Å². The predicted molar refractivity (Wildman–Crippen MR) is 84.5 cm³/mol. The summed E-state index contributed by atoms with van der Waals surface area (Å²) in [5.41, 5.74) is -1.48. The van der Waals surface area contributed by atoms with Crippen LogP contribution >= 0.6 is 0 Å². The summed E-state index contributed by atoms with van der Waals surface area (Å²) in [5.74, 6) is 0.584. The van der Waals surface area contributed by atoms with Crippen LogP contribution in [-0.2, 0) is 9.59 Å². The van der Waals surface area contributed by atoms with Gasteiger partial charge in [-0.25, -0.2) is 4.79 Å². The minimum Gasteiger partial charge on any atom is -0.479 e. The highest BCUT2D eigenvalue weighted by Crippen LogP contribution is 2.57. The molecule has 0 radical (unpaired) electrons. The molecule has 2 saturated carbocycles. The van der Waals surface area contributed by atoms with Crippen molar-refractivity contribution < 1.29 is 19.8 Å². The third-order valence-electron chi connectivity index (χ3n) is 6.41. The van der Waals surface area contributed by atoms with E-state index in [0.717, 1.165) is 38.5 Å². The number of ketones is 1. The number of Topliss-reactive ketones (excluding diaryl/α,β-unsaturated/α-hetero) is 1. The van der Waals surface area contributed by atoms with Crippen LogP contribution in [0.3, 0.4) is 0 Å². The van der Waals surface area contributed by atoms with Gasteiger partial charge in [-0.2, -0.15) is 0 Å². The molecule has 126 valence electrons. The van der Waals surface area contributed by atoms with Gasteiger partial charge in [0.15, 0.2) is 5.60 Å². The number of carbonyl (C=O) groups excluding carboxylic acids is 1. The van der Waals surface area contributed by atoms with E-state index < -0.39 is 11.6 Å². The maximum absolute atomic E-state index is 12.2. The lowest BCUT2D eigenvalue weighted by Gasteiger charge is -2.42. The molecule has 2 fully saturated rings. The van der Waals surface area contributed by atoms with Crippen molar-refractivity contribution in [3.8, 4) is 0 Å². The van der Waals surface area contributed by atoms with Gasteiger partial charge in [0.25, 0.3) is 0 Å². The lowest BCUT2D eigenvalue weighted by Crippen LogP contribution is -2.39. The van der Waals surface area contributed by atoms with Crippen LogP contribution in [0.5, 0.6) is 0 Å². The second-order valence-electron chi connectivity index (χ2n) is 8.01. The third-order valence-corrected chi connectivity index (χ3v) is 6.41. The highest BCUT2D eigenvalue weighted by atomic mass is 16.4. The van der Waals surface area contributed by atoms with Crippen LogP contribution in [0.15, 0.2) is 0 Å². The molecule has 0 aliphatic heterocycles. The van der Waals surface area contributed by atoms with E-state index in [0.29, 0.717) is 30.5 Å². The first kappa shape index (κ1) is 17.5. The Morgan fingerprint density at radius 3 is 2.77 bits per heavy atom. The second-order valence-corrected chi connectivity index (χ2v) is 8.01. The van der Waals surface area contributed by atoms with Gasteiger partial charge >= 0.3 is 5.97 Å². The molecule has 0 spiro atoms. The number of carboxylic acids is 1. The predicted octanol–water partition coefficient (Wildman–Crippen LogP) is 3.41. The number of carbonyl (C=O) groups is 2. The van der Waals surface area contributed by atoms with Crippen LogP contribution in [0.1, 0.15) is 72.1 Å². The number of hydrogen-bond donors (Lipinski definition) is 2. The molecular formula is C18H30O4. The maximum Gasteiger partial charge on any atom is 0.335 e. The van der Waals surface area contributed by atoms with Gasteiger partial charge in [-0.3, -0.25) is 4.79 Å². The number of carboxylic acid groups (broad SMARTS) is 1. The van der Waals surface area contributed by atoms with E-state index in [4.69, 9.17) is 5.11 Å². The van der Waals surface area contributed by atoms with Crippen molar-refractivity contribution in [2.45, 2.75) is 77.7 Å². The Bertz CT molecular complexity index is 442. The van der Waals surface area contributed by atoms with Gasteiger partial charge in [0.05, 0.1) is 0 Å². The summed E-state index contributed by atoms with van der Waals surface area (Å²) in [6, 6.07) is 0. The molecule has 4 heteroatoms. The number of fused-ring (bicyclic) bond motifs is 1. The first-order chi connectivity index (χ1) is 10.2. The van der Waals surface area contributed by atoms with E-state index in [9.17, 15) is 14.7 Å². The van der Waals surface area contributed by atoms with Gasteiger partial charge in [0, 0.05) is 12.3 Å². The highest BCUT2D eigenvalue weighted by Gasteiger charge is 2.52. The quantitative estimate of drug-likeness (QED) is 0.788. The molecule has 0 amide bonds. The third kappa shape index (κ3) is 3.22. The van der Waals surface area contributed by atoms with Crippen LogP contribution in [0, 0.1) is 23.2 Å². The fourth-order valence-corrected chi connectivity index (χ4v) is 4.98. The number of hydrogen-bond acceptors (Lipinski definition) is 3. The van der Waals surface area contributed by atoms with Crippen molar-refractivity contribution in [1.29, 1.82) is 0 Å². The zero-order valence-electron chi connectivity index (χ0n) is 14.1. The smallest absolute Gasteiger partial charge is 0.335 e. The molecule has 0 saturated heterocycles. The summed E-state index contributed by atoms with van der Waals surface area (Å²) in [7, 11) is 0. The molecule has 1 unspecified atom stereocenters. The first-order valence-electron chi connectivity index (χ1n) is 8.67. The minimum atomic E-state index is -1.62. The fourth-order valence-electron chi connectivity index (χ4n) is 4.98. The van der Waals surface area contributed by atoms with Crippen molar-refractivity contribution in [2.75, 3.05) is 0 Å². The van der Waals surface area contributed by atoms with Crippen molar-refractivity contribution in [2.24, 2.45) is 23.2 Å². The minimum absolute atomic E-state index is 0.143. The molecule has 2 rings (SSSR count). The topological polar surface area (TPSA) is 74.6 Å². The van der Waals surface area contributed by atoms with Gasteiger partial charge < -0.3 is 10.2 Å². The molecule has 2 aliphatic rings. The van der Waals surface area contributed by atoms with Crippen molar-refractivity contribution in [1.82, 2.24) is 0 Å². The summed E-state index contributed by atoms with van der Waals surface area (Å²) < 4.78 is 0. The summed E-state index contributed by atoms with van der Waals surface area (Å²) in [6.45, 7) is 5.88. The summed E-state index contributed by atoms with van der Waals surface area (Å²) in [6.07, 6.45) is 6.98. The zero-order chi connectivity index (χ0) is 16.5. The summed E-state index contributed by atoms with van der Waals surface area (Å²) >= 11 is 0. The average molecular weight is 310 g/mol. The molecule has 2 N–H and O–H groups in total. The molecule has 0 aromatic carbocycles. The molecule has 5 atom stereocenters. The van der Waals surface area contributed by atoms with Gasteiger partial charge in [-0.1, -0.05) is 20.3 Å². The lowest BCUT2D eigenvalue weighted by molar-refractivity contribution is -0.157. The lowest BCUT2D eigenvalue weighted by atomic mass is 9.62. The SMILES string of the molecule is C[C@H](CCC[C@](C)(O)C(=O)O)[C@H]1CCC2C(=O)CCC[C@@]21C. The van der Waals surface area contributed by atoms with Crippen molar-refractivity contribution in [3.63, 3.8) is 0 Å². The number of aliphatic hydroxyl groups is 1. The van der Waals surface area contributed by atoms with Gasteiger partial charge in [-0.15, -0.1) is 0 Å². The number of aliphatic carboxylic acids is 1. The molecule has 0 heterocycles. The Hall–Kier alpha value is -0.900. The van der Waals surface area contributed by atoms with Crippen LogP contribution in [0.4, 0.5) is 0 Å². The monoisotopic (exact) mass is 310 g/mol. The first-order valence-corrected chi connectivity index (χ1v) is 8.67. The van der Waals surface area contributed by atoms with Gasteiger partial charge in [0.1, 0.15) is 5.78 Å². The van der Waals surface area contributed by atoms with Crippen LogP contribution < -0.4 is 0 Å². The summed E-state index contributed by atoms with van der Waals surface area (Å²) in [5, 5.41) is 18.8. The Balaban J connectivity index is 1.92. The second kappa shape index (κ2) is 6.31. The largest absolute Gasteiger partial charge is 0.479 e. The average Bonchev–Trinajstić information content (AvgIpc) is 2.76. The Morgan fingerprint density at radius 2 is 2.14 bits per heavy atom. The highest BCUT2D eigenvalue weighted by molar-refractivity contribution is 5.83. The van der Waals surface area contributed by atoms with E-state index in [2.05, 4.69) is 13.8 Å². The molecule has 0 bridgehead atoms. The van der Waals surface area contributed by atoms with Gasteiger partial charge in [0.2, 0.25) is 0 Å². The van der Waals surface area contributed by atoms with Crippen LogP contribution in [0.25, 0.3) is 0 Å². The molecule has 0 aromatic rings. The molecular weight excluding hydrogens is 280 g/mol. The zero-order valence-corrected chi connectivity index (χ0v) is 14.1. The number of rotatable bonds is 6. The van der Waals surface area contributed by atoms with E-state index in [-0.39, 0.29) is 11.3 Å². The van der Waals surface area contributed by atoms with Crippen molar-refractivity contribution >= 4 is 11.8 Å². The van der Waals surface area contributed by atoms with Crippen LogP contribution in [-0.4, -0.2) is 27.6 Å². The van der Waals surface area contributed by atoms with E-state index in [1.54, 1.807) is 0 Å². The summed E-state index contributed by atoms with van der Waals surface area (Å²) in [4.78, 5) is 23.1. The Labute approximate surface area is 133 Å². The van der Waals surface area contributed by atoms with E-state index in [1.807, 2.05) is 0 Å². The van der Waals surface area contributed by atoms with Gasteiger partial charge in [-0.05, 0) is 62.7 Å². The standard InChI is InChI=1S/C18H30O4/c1-12(6-4-11-18(3,22)16(20)21)13-8-9-14-15(19)7-5-10-17(13,14)2/h12-14,22H,4-11H2,1-3H3,(H,20,21)/t12-,13-,14?,17-,18+/m1/s1. The fraction of sp³-hybridized carbons (Fsp3) is 0.889. The maximum atomic E-state index is 12.2.